The van der Waals surface area contributed by atoms with E-state index in [0.29, 0.717) is 27.1 Å². The van der Waals surface area contributed by atoms with Crippen LogP contribution in [0, 0.1) is 13.8 Å². The Labute approximate surface area is 177 Å². The second-order valence-corrected chi connectivity index (χ2v) is 7.37. The van der Waals surface area contributed by atoms with E-state index in [2.05, 4.69) is 10.5 Å². The average molecular weight is 430 g/mol. The second-order valence-electron chi connectivity index (χ2n) is 6.52. The van der Waals surface area contributed by atoms with Gasteiger partial charge < -0.3 is 14.0 Å². The van der Waals surface area contributed by atoms with Crippen LogP contribution in [-0.4, -0.2) is 23.5 Å². The molecule has 1 N–H and O–H groups in total. The number of benzene rings is 2. The normalized spacial score (nSPS) is 12.6. The van der Waals surface area contributed by atoms with Crippen LogP contribution in [0.2, 0.25) is 10.0 Å². The highest BCUT2D eigenvalue weighted by atomic mass is 35.5. The van der Waals surface area contributed by atoms with Crippen molar-refractivity contribution in [3.63, 3.8) is 0 Å². The minimum Gasteiger partial charge on any atom is -0.454 e. The van der Waals surface area contributed by atoms with Gasteiger partial charge in [0.05, 0.1) is 16.9 Å². The van der Waals surface area contributed by atoms with E-state index in [4.69, 9.17) is 32.7 Å². The van der Waals surface area contributed by atoms with Gasteiger partial charge in [0.2, 0.25) is 6.79 Å². The number of nitrogens with one attached hydrogen (secondary N) is 1. The zero-order valence-electron chi connectivity index (χ0n) is 15.7. The molecule has 29 heavy (non-hydrogen) atoms. The van der Waals surface area contributed by atoms with Gasteiger partial charge in [-0.25, -0.2) is 5.43 Å². The van der Waals surface area contributed by atoms with Gasteiger partial charge in [0.1, 0.15) is 0 Å². The van der Waals surface area contributed by atoms with E-state index < -0.39 is 0 Å². The van der Waals surface area contributed by atoms with Crippen molar-refractivity contribution in [1.29, 1.82) is 0 Å². The molecule has 0 spiro atoms. The molecule has 148 valence electrons. The minimum absolute atomic E-state index is 0.159. The van der Waals surface area contributed by atoms with Crippen LogP contribution < -0.4 is 14.9 Å². The number of nitrogens with zero attached hydrogens (tertiary/aromatic N) is 2. The smallest absolute Gasteiger partial charge is 0.271 e. The van der Waals surface area contributed by atoms with E-state index in [9.17, 15) is 4.79 Å². The standard InChI is InChI=1S/C21H17Cl2N3O3/c1-12-7-15(13(2)26(12)18-5-4-16(22)9-17(18)23)10-24-25-21(27)14-3-6-19-20(8-14)29-11-28-19/h3-10H,11H2,1-2H3,(H,25,27)/b24-10-. The molecule has 6 nitrogen and oxygen atoms in total. The maximum atomic E-state index is 12.3. The summed E-state index contributed by atoms with van der Waals surface area (Å²) in [7, 11) is 0. The fourth-order valence-corrected chi connectivity index (χ4v) is 3.71. The fraction of sp³-hybridized carbons (Fsp3) is 0.143. The number of carbonyl (C=O) groups is 1. The number of hydrogen-bond donors (Lipinski definition) is 1. The lowest BCUT2D eigenvalue weighted by Gasteiger charge is -2.11. The van der Waals surface area contributed by atoms with Crippen molar-refractivity contribution in [3.05, 3.63) is 75.0 Å². The molecule has 0 saturated carbocycles. The number of aromatic nitrogens is 1. The van der Waals surface area contributed by atoms with Crippen molar-refractivity contribution in [2.45, 2.75) is 13.8 Å². The quantitative estimate of drug-likeness (QED) is 0.473. The first-order chi connectivity index (χ1) is 13.9. The van der Waals surface area contributed by atoms with Gasteiger partial charge in [-0.2, -0.15) is 5.10 Å². The summed E-state index contributed by atoms with van der Waals surface area (Å²) in [6.45, 7) is 4.09. The minimum atomic E-state index is -0.339. The molecule has 0 bridgehead atoms. The summed E-state index contributed by atoms with van der Waals surface area (Å²) in [5.41, 5.74) is 6.58. The van der Waals surface area contributed by atoms with Gasteiger partial charge >= 0.3 is 0 Å². The number of fused-ring (bicyclic) bond motifs is 1. The Morgan fingerprint density at radius 1 is 1.10 bits per heavy atom. The van der Waals surface area contributed by atoms with Gasteiger partial charge in [0.15, 0.2) is 11.5 Å². The number of amides is 1. The van der Waals surface area contributed by atoms with Crippen LogP contribution in [0.4, 0.5) is 0 Å². The second kappa shape index (κ2) is 7.81. The summed E-state index contributed by atoms with van der Waals surface area (Å²) in [6, 6.07) is 12.3. The number of ether oxygens (including phenoxy) is 2. The van der Waals surface area contributed by atoms with Gasteiger partial charge in [-0.3, -0.25) is 4.79 Å². The third-order valence-corrected chi connectivity index (χ3v) is 5.16. The molecule has 8 heteroatoms. The summed E-state index contributed by atoms with van der Waals surface area (Å²) in [5, 5.41) is 5.23. The predicted molar refractivity (Wildman–Crippen MR) is 113 cm³/mol. The molecule has 2 heterocycles. The van der Waals surface area contributed by atoms with E-state index in [0.717, 1.165) is 22.6 Å². The molecule has 0 atom stereocenters. The molecule has 1 amide bonds. The number of halogens is 2. The molecule has 0 saturated heterocycles. The van der Waals surface area contributed by atoms with Gasteiger partial charge in [-0.1, -0.05) is 23.2 Å². The summed E-state index contributed by atoms with van der Waals surface area (Å²) >= 11 is 12.4. The molecule has 2 aromatic carbocycles. The molecule has 1 aliphatic heterocycles. The van der Waals surface area contributed by atoms with Gasteiger partial charge in [-0.05, 0) is 56.3 Å². The highest BCUT2D eigenvalue weighted by molar-refractivity contribution is 6.35. The largest absolute Gasteiger partial charge is 0.454 e. The van der Waals surface area contributed by atoms with Gasteiger partial charge in [0.25, 0.3) is 5.91 Å². The third kappa shape index (κ3) is 3.81. The van der Waals surface area contributed by atoms with Crippen LogP contribution in [0.25, 0.3) is 5.69 Å². The molecule has 1 aromatic heterocycles. The maximum Gasteiger partial charge on any atom is 0.271 e. The highest BCUT2D eigenvalue weighted by Crippen LogP contribution is 2.32. The molecule has 0 aliphatic carbocycles. The Morgan fingerprint density at radius 2 is 1.90 bits per heavy atom. The molecule has 0 fully saturated rings. The lowest BCUT2D eigenvalue weighted by molar-refractivity contribution is 0.0954. The van der Waals surface area contributed by atoms with E-state index >= 15 is 0 Å². The molecule has 3 aromatic rings. The predicted octanol–water partition coefficient (Wildman–Crippen LogP) is 4.89. The Kier molecular flexibility index (Phi) is 5.22. The highest BCUT2D eigenvalue weighted by Gasteiger charge is 2.16. The van der Waals surface area contributed by atoms with Crippen molar-refractivity contribution >= 4 is 35.3 Å². The van der Waals surface area contributed by atoms with Crippen molar-refractivity contribution < 1.29 is 14.3 Å². The van der Waals surface area contributed by atoms with Crippen LogP contribution in [0.1, 0.15) is 27.3 Å². The Morgan fingerprint density at radius 3 is 2.69 bits per heavy atom. The Balaban J connectivity index is 1.52. The first-order valence-electron chi connectivity index (χ1n) is 8.81. The van der Waals surface area contributed by atoms with Crippen LogP contribution in [0.3, 0.4) is 0 Å². The SMILES string of the molecule is Cc1cc(/C=N\NC(=O)c2ccc3c(c2)OCO3)c(C)n1-c1ccc(Cl)cc1Cl. The first kappa shape index (κ1) is 19.4. The van der Waals surface area contributed by atoms with Crippen LogP contribution in [-0.2, 0) is 0 Å². The number of aryl methyl sites for hydroxylation is 1. The average Bonchev–Trinajstić information content (AvgIpc) is 3.26. The van der Waals surface area contributed by atoms with Crippen LogP contribution in [0.15, 0.2) is 47.6 Å². The topological polar surface area (TPSA) is 64.8 Å². The zero-order chi connectivity index (χ0) is 20.5. The van der Waals surface area contributed by atoms with Crippen LogP contribution in [0.5, 0.6) is 11.5 Å². The molecule has 0 unspecified atom stereocenters. The lowest BCUT2D eigenvalue weighted by atomic mass is 10.2. The monoisotopic (exact) mass is 429 g/mol. The van der Waals surface area contributed by atoms with Gasteiger partial charge in [-0.15, -0.1) is 0 Å². The van der Waals surface area contributed by atoms with Crippen LogP contribution >= 0.6 is 23.2 Å². The van der Waals surface area contributed by atoms with E-state index in [1.54, 1.807) is 36.5 Å². The number of hydrazone groups is 1. The Hall–Kier alpha value is -2.96. The van der Waals surface area contributed by atoms with Crippen molar-refractivity contribution in [3.8, 4) is 17.2 Å². The van der Waals surface area contributed by atoms with E-state index in [1.165, 1.54) is 0 Å². The third-order valence-electron chi connectivity index (χ3n) is 4.63. The number of hydrogen-bond acceptors (Lipinski definition) is 4. The molecule has 0 radical (unpaired) electrons. The van der Waals surface area contributed by atoms with Crippen molar-refractivity contribution in [2.75, 3.05) is 6.79 Å². The zero-order valence-corrected chi connectivity index (χ0v) is 17.2. The van der Waals surface area contributed by atoms with Crippen molar-refractivity contribution in [2.24, 2.45) is 5.10 Å². The van der Waals surface area contributed by atoms with E-state index in [-0.39, 0.29) is 12.7 Å². The lowest BCUT2D eigenvalue weighted by Crippen LogP contribution is -2.17. The number of carbonyl (C=O) groups excluding carboxylic acids is 1. The maximum absolute atomic E-state index is 12.3. The summed E-state index contributed by atoms with van der Waals surface area (Å²) in [6.07, 6.45) is 1.60. The summed E-state index contributed by atoms with van der Waals surface area (Å²) in [4.78, 5) is 12.3. The van der Waals surface area contributed by atoms with Gasteiger partial charge in [0, 0.05) is 27.5 Å². The Bertz CT molecular complexity index is 1140. The first-order valence-corrected chi connectivity index (χ1v) is 9.57. The molecular weight excluding hydrogens is 413 g/mol. The molecular formula is C21H17Cl2N3O3. The summed E-state index contributed by atoms with van der Waals surface area (Å²) in [5.74, 6) is 0.831. The summed E-state index contributed by atoms with van der Waals surface area (Å²) < 4.78 is 12.6. The van der Waals surface area contributed by atoms with Crippen molar-refractivity contribution in [1.82, 2.24) is 9.99 Å². The number of rotatable bonds is 4. The fourth-order valence-electron chi connectivity index (χ4n) is 3.21. The van der Waals surface area contributed by atoms with E-state index in [1.807, 2.05) is 30.5 Å². The molecule has 4 rings (SSSR count). The molecule has 1 aliphatic rings.